The van der Waals surface area contributed by atoms with E-state index in [1.807, 2.05) is 0 Å². The quantitative estimate of drug-likeness (QED) is 0.142. The Bertz CT molecular complexity index is 672. The third-order valence-electron chi connectivity index (χ3n) is 7.80. The molecule has 0 radical (unpaired) electrons. The van der Waals surface area contributed by atoms with Gasteiger partial charge in [0.15, 0.2) is 17.4 Å². The van der Waals surface area contributed by atoms with Crippen LogP contribution in [0.2, 0.25) is 0 Å². The lowest BCUT2D eigenvalue weighted by Gasteiger charge is -2.36. The van der Waals surface area contributed by atoms with Gasteiger partial charge in [-0.1, -0.05) is 141 Å². The third kappa shape index (κ3) is 12.0. The molecule has 37 heavy (non-hydrogen) atoms. The first-order valence-electron chi connectivity index (χ1n) is 15.6. The highest BCUT2D eigenvalue weighted by molar-refractivity contribution is 8.13. The molecule has 0 aromatic carbocycles. The maximum atomic E-state index is 12.6. The summed E-state index contributed by atoms with van der Waals surface area (Å²) in [6.07, 6.45) is 26.3. The highest BCUT2D eigenvalue weighted by Gasteiger charge is 2.48. The molecule has 0 aliphatic carbocycles. The Morgan fingerprint density at radius 2 is 1.16 bits per heavy atom. The molecule has 7 heteroatoms. The zero-order chi connectivity index (χ0) is 26.7. The van der Waals surface area contributed by atoms with E-state index in [-0.39, 0.29) is 24.1 Å². The Balaban J connectivity index is 1.54. The zero-order valence-electron chi connectivity index (χ0n) is 24.3. The predicted molar refractivity (Wildman–Crippen MR) is 159 cm³/mol. The molecule has 0 aromatic heterocycles. The SMILES string of the molecule is CCCCCCCCCCCCCCCCCCSC1=NC2C(C(=O)NC(=O)N2C)N1CCCCCC. The number of hydrogen-bond donors (Lipinski definition) is 1. The Morgan fingerprint density at radius 3 is 1.68 bits per heavy atom. The lowest BCUT2D eigenvalue weighted by molar-refractivity contribution is -0.127. The molecule has 6 nitrogen and oxygen atoms in total. The van der Waals surface area contributed by atoms with Gasteiger partial charge in [-0.2, -0.15) is 0 Å². The van der Waals surface area contributed by atoms with Crippen molar-refractivity contribution in [2.24, 2.45) is 4.99 Å². The van der Waals surface area contributed by atoms with Crippen LogP contribution in [0.4, 0.5) is 4.79 Å². The van der Waals surface area contributed by atoms with E-state index in [2.05, 4.69) is 24.1 Å². The molecule has 214 valence electrons. The second-order valence-electron chi connectivity index (χ2n) is 11.1. The van der Waals surface area contributed by atoms with E-state index in [1.54, 1.807) is 23.7 Å². The van der Waals surface area contributed by atoms with Crippen molar-refractivity contribution >= 4 is 28.9 Å². The molecular formula is C30H56N4O2S. The molecule has 0 bridgehead atoms. The molecule has 2 atom stereocenters. The van der Waals surface area contributed by atoms with Gasteiger partial charge in [-0.3, -0.25) is 10.1 Å². The van der Waals surface area contributed by atoms with Crippen LogP contribution in [0.3, 0.4) is 0 Å². The van der Waals surface area contributed by atoms with Crippen LogP contribution in [-0.2, 0) is 4.79 Å². The molecule has 1 fully saturated rings. The largest absolute Gasteiger partial charge is 0.336 e. The van der Waals surface area contributed by atoms with Crippen molar-refractivity contribution in [3.8, 4) is 0 Å². The summed E-state index contributed by atoms with van der Waals surface area (Å²) >= 11 is 1.77. The number of amidine groups is 1. The van der Waals surface area contributed by atoms with Crippen LogP contribution >= 0.6 is 11.8 Å². The summed E-state index contributed by atoms with van der Waals surface area (Å²) in [5.41, 5.74) is 0. The number of aliphatic imine (C=N–C) groups is 1. The smallest absolute Gasteiger partial charge is 0.325 e. The molecule has 2 aliphatic rings. The van der Waals surface area contributed by atoms with E-state index in [0.29, 0.717) is 0 Å². The van der Waals surface area contributed by atoms with Gasteiger partial charge < -0.3 is 9.80 Å². The maximum absolute atomic E-state index is 12.6. The number of rotatable bonds is 22. The van der Waals surface area contributed by atoms with Crippen molar-refractivity contribution in [3.63, 3.8) is 0 Å². The normalized spacial score (nSPS) is 19.4. The molecule has 1 N–H and O–H groups in total. The second kappa shape index (κ2) is 19.8. The van der Waals surface area contributed by atoms with Gasteiger partial charge in [-0.25, -0.2) is 9.79 Å². The Labute approximate surface area is 232 Å². The summed E-state index contributed by atoms with van der Waals surface area (Å²) in [6, 6.07) is -0.720. The van der Waals surface area contributed by atoms with Crippen molar-refractivity contribution < 1.29 is 9.59 Å². The third-order valence-corrected chi connectivity index (χ3v) is 8.90. The van der Waals surface area contributed by atoms with Gasteiger partial charge in [0.2, 0.25) is 0 Å². The number of likely N-dealkylation sites (N-methyl/N-ethyl adjacent to an activating group) is 1. The predicted octanol–water partition coefficient (Wildman–Crippen LogP) is 8.11. The summed E-state index contributed by atoms with van der Waals surface area (Å²) < 4.78 is 0. The standard InChI is InChI=1S/C30H56N4O2S/c1-4-6-8-10-11-12-13-14-15-16-17-18-19-20-21-23-25-37-30-31-27-26(28(35)32-29(36)33(27)3)34(30)24-22-9-7-5-2/h26-27H,4-25H2,1-3H3,(H,32,35,36). The summed E-state index contributed by atoms with van der Waals surface area (Å²) in [5.74, 6) is 0.826. The van der Waals surface area contributed by atoms with Gasteiger partial charge >= 0.3 is 6.03 Å². The average Bonchev–Trinajstić information content (AvgIpc) is 3.26. The van der Waals surface area contributed by atoms with Gasteiger partial charge in [0.05, 0.1) is 0 Å². The lowest BCUT2D eigenvalue weighted by atomic mass is 10.0. The first-order chi connectivity index (χ1) is 18.1. The number of urea groups is 1. The number of amides is 3. The van der Waals surface area contributed by atoms with Crippen LogP contribution in [0, 0.1) is 0 Å². The van der Waals surface area contributed by atoms with Crippen molar-refractivity contribution in [2.45, 2.75) is 154 Å². The van der Waals surface area contributed by atoms with Gasteiger partial charge in [0, 0.05) is 19.3 Å². The van der Waals surface area contributed by atoms with Crippen LogP contribution in [0.15, 0.2) is 4.99 Å². The number of carbonyl (C=O) groups is 2. The monoisotopic (exact) mass is 536 g/mol. The lowest BCUT2D eigenvalue weighted by Crippen LogP contribution is -2.63. The number of nitrogens with one attached hydrogen (secondary N) is 1. The Hall–Kier alpha value is -1.24. The number of carbonyl (C=O) groups excluding carboxylic acids is 2. The van der Waals surface area contributed by atoms with Crippen LogP contribution in [0.1, 0.15) is 142 Å². The number of hydrogen-bond acceptors (Lipinski definition) is 5. The van der Waals surface area contributed by atoms with Crippen molar-refractivity contribution in [3.05, 3.63) is 0 Å². The minimum Gasteiger partial charge on any atom is -0.336 e. The molecule has 2 unspecified atom stereocenters. The minimum absolute atomic E-state index is 0.203. The number of imide groups is 1. The molecular weight excluding hydrogens is 480 g/mol. The molecule has 0 aromatic rings. The summed E-state index contributed by atoms with van der Waals surface area (Å²) in [4.78, 5) is 33.3. The van der Waals surface area contributed by atoms with Crippen LogP contribution in [0.25, 0.3) is 0 Å². The Kier molecular flexibility index (Phi) is 17.1. The second-order valence-corrected chi connectivity index (χ2v) is 12.1. The van der Waals surface area contributed by atoms with E-state index in [1.165, 1.54) is 116 Å². The fraction of sp³-hybridized carbons (Fsp3) is 0.900. The zero-order valence-corrected chi connectivity index (χ0v) is 25.1. The van der Waals surface area contributed by atoms with E-state index in [9.17, 15) is 9.59 Å². The van der Waals surface area contributed by atoms with Gasteiger partial charge in [-0.15, -0.1) is 0 Å². The molecule has 2 heterocycles. The molecule has 2 aliphatic heterocycles. The molecule has 3 amide bonds. The molecule has 1 saturated heterocycles. The first kappa shape index (κ1) is 32.0. The number of fused-ring (bicyclic) bond motifs is 1. The number of nitrogens with zero attached hydrogens (tertiary/aromatic N) is 3. The highest BCUT2D eigenvalue weighted by atomic mass is 32.2. The van der Waals surface area contributed by atoms with Crippen LogP contribution in [0.5, 0.6) is 0 Å². The van der Waals surface area contributed by atoms with Crippen LogP contribution in [-0.4, -0.2) is 58.5 Å². The highest BCUT2D eigenvalue weighted by Crippen LogP contribution is 2.29. The van der Waals surface area contributed by atoms with Gasteiger partial charge in [0.25, 0.3) is 5.91 Å². The van der Waals surface area contributed by atoms with Gasteiger partial charge in [0.1, 0.15) is 0 Å². The number of unbranched alkanes of at least 4 members (excludes halogenated alkanes) is 18. The summed E-state index contributed by atoms with van der Waals surface area (Å²) in [7, 11) is 1.74. The van der Waals surface area contributed by atoms with E-state index in [4.69, 9.17) is 4.99 Å². The van der Waals surface area contributed by atoms with E-state index >= 15 is 0 Å². The van der Waals surface area contributed by atoms with E-state index < -0.39 is 0 Å². The molecule has 0 spiro atoms. The van der Waals surface area contributed by atoms with Gasteiger partial charge in [-0.05, 0) is 12.8 Å². The number of thioether (sulfide) groups is 1. The van der Waals surface area contributed by atoms with Crippen molar-refractivity contribution in [1.82, 2.24) is 15.1 Å². The first-order valence-corrected chi connectivity index (χ1v) is 16.6. The summed E-state index contributed by atoms with van der Waals surface area (Å²) in [5, 5.41) is 3.45. The fourth-order valence-corrected chi connectivity index (χ4v) is 6.46. The molecule has 2 rings (SSSR count). The minimum atomic E-state index is -0.388. The fourth-order valence-electron chi connectivity index (χ4n) is 5.38. The topological polar surface area (TPSA) is 65.0 Å². The Morgan fingerprint density at radius 1 is 0.703 bits per heavy atom. The van der Waals surface area contributed by atoms with Crippen molar-refractivity contribution in [1.29, 1.82) is 0 Å². The van der Waals surface area contributed by atoms with E-state index in [0.717, 1.165) is 30.3 Å². The molecule has 0 saturated carbocycles. The maximum Gasteiger partial charge on any atom is 0.325 e. The van der Waals surface area contributed by atoms with Crippen molar-refractivity contribution in [2.75, 3.05) is 19.3 Å². The van der Waals surface area contributed by atoms with Crippen LogP contribution < -0.4 is 5.32 Å². The summed E-state index contributed by atoms with van der Waals surface area (Å²) in [6.45, 7) is 5.33. The average molecular weight is 537 g/mol.